The highest BCUT2D eigenvalue weighted by Crippen LogP contribution is 2.15. The predicted octanol–water partition coefficient (Wildman–Crippen LogP) is 2.14. The molecule has 1 unspecified atom stereocenters. The Kier molecular flexibility index (Phi) is 5.58. The summed E-state index contributed by atoms with van der Waals surface area (Å²) in [5, 5.41) is 13.8. The highest BCUT2D eigenvalue weighted by Gasteiger charge is 2.24. The van der Waals surface area contributed by atoms with Crippen molar-refractivity contribution in [3.63, 3.8) is 0 Å². The van der Waals surface area contributed by atoms with E-state index in [2.05, 4.69) is 10.00 Å². The number of rotatable bonds is 5. The summed E-state index contributed by atoms with van der Waals surface area (Å²) in [6.45, 7) is 5.13. The normalized spacial score (nSPS) is 16.5. The Labute approximate surface area is 156 Å². The van der Waals surface area contributed by atoms with Gasteiger partial charge in [-0.05, 0) is 24.6 Å². The molecular weight excluding hydrogens is 356 g/mol. The van der Waals surface area contributed by atoms with Gasteiger partial charge in [0.1, 0.15) is 6.04 Å². The predicted molar refractivity (Wildman–Crippen MR) is 97.2 cm³/mol. The first-order valence-electron chi connectivity index (χ1n) is 8.47. The molecule has 0 spiro atoms. The summed E-state index contributed by atoms with van der Waals surface area (Å²) in [6, 6.07) is 6.99. The Balaban J connectivity index is 1.56. The largest absolute Gasteiger partial charge is 0.480 e. The Morgan fingerprint density at radius 1 is 1.27 bits per heavy atom. The molecule has 1 aromatic heterocycles. The van der Waals surface area contributed by atoms with Gasteiger partial charge in [0.05, 0.1) is 11.8 Å². The fraction of sp³-hybridized carbons (Fsp3) is 0.389. The van der Waals surface area contributed by atoms with Gasteiger partial charge in [-0.15, -0.1) is 0 Å². The zero-order chi connectivity index (χ0) is 18.7. The summed E-state index contributed by atoms with van der Waals surface area (Å²) >= 11 is 6.02. The minimum atomic E-state index is -0.985. The lowest BCUT2D eigenvalue weighted by Gasteiger charge is -2.34. The molecule has 1 aromatic carbocycles. The molecule has 2 heterocycles. The van der Waals surface area contributed by atoms with Crippen LogP contribution in [0.15, 0.2) is 36.7 Å². The number of carbonyl (C=O) groups excluding carboxylic acids is 1. The van der Waals surface area contributed by atoms with E-state index in [1.54, 1.807) is 4.90 Å². The summed E-state index contributed by atoms with van der Waals surface area (Å²) in [5.41, 5.74) is 1.57. The van der Waals surface area contributed by atoms with Crippen LogP contribution >= 0.6 is 11.6 Å². The van der Waals surface area contributed by atoms with Crippen LogP contribution in [0.2, 0.25) is 5.02 Å². The average molecular weight is 377 g/mol. The van der Waals surface area contributed by atoms with E-state index >= 15 is 0 Å². The number of amides is 1. The third-order valence-electron chi connectivity index (χ3n) is 4.56. The zero-order valence-electron chi connectivity index (χ0n) is 14.5. The van der Waals surface area contributed by atoms with E-state index in [0.29, 0.717) is 18.7 Å². The van der Waals surface area contributed by atoms with Crippen LogP contribution in [0.4, 0.5) is 0 Å². The van der Waals surface area contributed by atoms with Crippen LogP contribution in [0.5, 0.6) is 0 Å². The van der Waals surface area contributed by atoms with Crippen molar-refractivity contribution in [2.24, 2.45) is 0 Å². The molecule has 3 rings (SSSR count). The number of nitrogens with zero attached hydrogens (tertiary/aromatic N) is 4. The van der Waals surface area contributed by atoms with Crippen molar-refractivity contribution in [2.45, 2.75) is 19.5 Å². The summed E-state index contributed by atoms with van der Waals surface area (Å²) < 4.78 is 1.30. The summed E-state index contributed by atoms with van der Waals surface area (Å²) in [4.78, 5) is 27.7. The van der Waals surface area contributed by atoms with Gasteiger partial charge in [0.15, 0.2) is 0 Å². The molecule has 8 heteroatoms. The van der Waals surface area contributed by atoms with Crippen LogP contribution in [0, 0.1) is 0 Å². The fourth-order valence-corrected chi connectivity index (χ4v) is 3.17. The quantitative estimate of drug-likeness (QED) is 0.864. The molecule has 1 N–H and O–H groups in total. The van der Waals surface area contributed by atoms with Crippen LogP contribution in [-0.4, -0.2) is 62.7 Å². The fourth-order valence-electron chi connectivity index (χ4n) is 2.96. The van der Waals surface area contributed by atoms with Gasteiger partial charge in [-0.25, -0.2) is 4.79 Å². The van der Waals surface area contributed by atoms with Crippen LogP contribution in [0.25, 0.3) is 0 Å². The van der Waals surface area contributed by atoms with E-state index in [1.807, 2.05) is 24.3 Å². The SMILES string of the molecule is CC(C(=O)O)n1cc(C(=O)N2CCN(Cc3cccc(Cl)c3)CC2)cn1. The van der Waals surface area contributed by atoms with Crippen LogP contribution < -0.4 is 0 Å². The van der Waals surface area contributed by atoms with Gasteiger partial charge in [-0.1, -0.05) is 23.7 Å². The Morgan fingerprint density at radius 2 is 2.00 bits per heavy atom. The van der Waals surface area contributed by atoms with E-state index in [9.17, 15) is 9.59 Å². The van der Waals surface area contributed by atoms with Crippen LogP contribution in [-0.2, 0) is 11.3 Å². The first kappa shape index (κ1) is 18.4. The molecule has 0 radical (unpaired) electrons. The lowest BCUT2D eigenvalue weighted by atomic mass is 10.2. The third-order valence-corrected chi connectivity index (χ3v) is 4.79. The number of aliphatic carboxylic acids is 1. The van der Waals surface area contributed by atoms with Gasteiger partial charge < -0.3 is 10.0 Å². The molecule has 1 aliphatic heterocycles. The maximum Gasteiger partial charge on any atom is 0.328 e. The first-order valence-corrected chi connectivity index (χ1v) is 8.85. The molecule has 0 aliphatic carbocycles. The summed E-state index contributed by atoms with van der Waals surface area (Å²) in [5.74, 6) is -1.10. The molecule has 1 saturated heterocycles. The van der Waals surface area contributed by atoms with Gasteiger partial charge in [-0.2, -0.15) is 5.10 Å². The molecule has 1 atom stereocenters. The van der Waals surface area contributed by atoms with Crippen molar-refractivity contribution in [2.75, 3.05) is 26.2 Å². The van der Waals surface area contributed by atoms with E-state index < -0.39 is 12.0 Å². The molecule has 138 valence electrons. The second-order valence-corrected chi connectivity index (χ2v) is 6.86. The number of piperazine rings is 1. The minimum Gasteiger partial charge on any atom is -0.480 e. The van der Waals surface area contributed by atoms with E-state index in [-0.39, 0.29) is 5.91 Å². The smallest absolute Gasteiger partial charge is 0.328 e. The summed E-state index contributed by atoms with van der Waals surface area (Å²) in [7, 11) is 0. The van der Waals surface area contributed by atoms with Crippen molar-refractivity contribution in [3.8, 4) is 0 Å². The van der Waals surface area contributed by atoms with Crippen molar-refractivity contribution >= 4 is 23.5 Å². The van der Waals surface area contributed by atoms with E-state index in [0.717, 1.165) is 30.2 Å². The highest BCUT2D eigenvalue weighted by atomic mass is 35.5. The molecule has 1 amide bonds. The van der Waals surface area contributed by atoms with Crippen molar-refractivity contribution in [3.05, 3.63) is 52.8 Å². The van der Waals surface area contributed by atoms with Gasteiger partial charge in [0.25, 0.3) is 5.91 Å². The maximum absolute atomic E-state index is 12.6. The Bertz CT molecular complexity index is 799. The Morgan fingerprint density at radius 3 is 2.65 bits per heavy atom. The number of aromatic nitrogens is 2. The number of carboxylic acids is 1. The van der Waals surface area contributed by atoms with E-state index in [4.69, 9.17) is 16.7 Å². The lowest BCUT2D eigenvalue weighted by molar-refractivity contribution is -0.140. The highest BCUT2D eigenvalue weighted by molar-refractivity contribution is 6.30. The van der Waals surface area contributed by atoms with Gasteiger partial charge in [0, 0.05) is 43.9 Å². The van der Waals surface area contributed by atoms with Crippen LogP contribution in [0.1, 0.15) is 28.9 Å². The second kappa shape index (κ2) is 7.88. The molecule has 1 aliphatic rings. The number of halogens is 1. The molecule has 7 nitrogen and oxygen atoms in total. The second-order valence-electron chi connectivity index (χ2n) is 6.42. The van der Waals surface area contributed by atoms with Crippen molar-refractivity contribution in [1.29, 1.82) is 0 Å². The lowest BCUT2D eigenvalue weighted by Crippen LogP contribution is -2.48. The Hall–Kier alpha value is -2.38. The summed E-state index contributed by atoms with van der Waals surface area (Å²) in [6.07, 6.45) is 2.93. The van der Waals surface area contributed by atoms with E-state index in [1.165, 1.54) is 24.0 Å². The van der Waals surface area contributed by atoms with Gasteiger partial charge in [-0.3, -0.25) is 14.4 Å². The number of hydrogen-bond donors (Lipinski definition) is 1. The number of carbonyl (C=O) groups is 2. The zero-order valence-corrected chi connectivity index (χ0v) is 15.3. The standard InChI is InChI=1S/C18H21ClN4O3/c1-13(18(25)26)23-12-15(10-20-23)17(24)22-7-5-21(6-8-22)11-14-3-2-4-16(19)9-14/h2-4,9-10,12-13H,5-8,11H2,1H3,(H,25,26). The molecular formula is C18H21ClN4O3. The van der Waals surface area contributed by atoms with Crippen LogP contribution in [0.3, 0.4) is 0 Å². The topological polar surface area (TPSA) is 78.7 Å². The third kappa shape index (κ3) is 4.23. The number of carboxylic acid groups (broad SMARTS) is 1. The van der Waals surface area contributed by atoms with Gasteiger partial charge in [0.2, 0.25) is 0 Å². The molecule has 0 bridgehead atoms. The monoisotopic (exact) mass is 376 g/mol. The van der Waals surface area contributed by atoms with Crippen molar-refractivity contribution in [1.82, 2.24) is 19.6 Å². The molecule has 0 saturated carbocycles. The minimum absolute atomic E-state index is 0.115. The molecule has 26 heavy (non-hydrogen) atoms. The number of hydrogen-bond acceptors (Lipinski definition) is 4. The van der Waals surface area contributed by atoms with Crippen molar-refractivity contribution < 1.29 is 14.7 Å². The molecule has 2 aromatic rings. The maximum atomic E-state index is 12.6. The number of benzene rings is 1. The average Bonchev–Trinajstić information content (AvgIpc) is 3.11. The van der Waals surface area contributed by atoms with Gasteiger partial charge >= 0.3 is 5.97 Å². The first-order chi connectivity index (χ1) is 12.4. The molecule has 1 fully saturated rings.